The van der Waals surface area contributed by atoms with Gasteiger partial charge in [-0.1, -0.05) is 42.0 Å². The van der Waals surface area contributed by atoms with Gasteiger partial charge in [0, 0.05) is 12.6 Å². The summed E-state index contributed by atoms with van der Waals surface area (Å²) in [6.45, 7) is 1.97. The van der Waals surface area contributed by atoms with Gasteiger partial charge in [0.1, 0.15) is 6.04 Å². The van der Waals surface area contributed by atoms with Gasteiger partial charge in [-0.25, -0.2) is 16.8 Å². The summed E-state index contributed by atoms with van der Waals surface area (Å²) in [5.74, 6) is -0.522. The van der Waals surface area contributed by atoms with Crippen LogP contribution in [0.1, 0.15) is 23.1 Å². The fourth-order valence-electron chi connectivity index (χ4n) is 4.03. The molecule has 1 amide bonds. The Kier molecular flexibility index (Phi) is 5.46. The van der Waals surface area contributed by atoms with Crippen LogP contribution in [0.15, 0.2) is 53.4 Å². The highest BCUT2D eigenvalue weighted by molar-refractivity contribution is 7.91. The molecule has 2 atom stereocenters. The molecule has 1 saturated heterocycles. The average Bonchev–Trinajstić information content (AvgIpc) is 3.05. The molecule has 7 nitrogen and oxygen atoms in total. The van der Waals surface area contributed by atoms with Crippen molar-refractivity contribution in [3.05, 3.63) is 65.2 Å². The third kappa shape index (κ3) is 4.14. The van der Waals surface area contributed by atoms with Crippen molar-refractivity contribution in [2.45, 2.75) is 43.3 Å². The van der Waals surface area contributed by atoms with Crippen LogP contribution in [0.4, 0.5) is 0 Å². The van der Waals surface area contributed by atoms with Crippen LogP contribution >= 0.6 is 0 Å². The number of carbonyl (C=O) groups excluding carboxylic acids is 1. The highest BCUT2D eigenvalue weighted by Gasteiger charge is 2.41. The molecule has 2 aliphatic rings. The number of carbonyl (C=O) groups is 1. The normalized spacial score (nSPS) is 23.6. The van der Waals surface area contributed by atoms with Crippen molar-refractivity contribution >= 4 is 25.8 Å². The minimum absolute atomic E-state index is 0.0385. The van der Waals surface area contributed by atoms with Crippen molar-refractivity contribution in [3.63, 3.8) is 0 Å². The third-order valence-electron chi connectivity index (χ3n) is 5.71. The number of amides is 1. The predicted molar refractivity (Wildman–Crippen MR) is 113 cm³/mol. The molecule has 0 saturated carbocycles. The molecule has 9 heteroatoms. The molecule has 30 heavy (non-hydrogen) atoms. The van der Waals surface area contributed by atoms with Gasteiger partial charge in [0.25, 0.3) is 0 Å². The lowest BCUT2D eigenvalue weighted by Gasteiger charge is -2.35. The Morgan fingerprint density at radius 2 is 1.73 bits per heavy atom. The van der Waals surface area contributed by atoms with Crippen LogP contribution in [0.5, 0.6) is 0 Å². The molecule has 2 heterocycles. The maximum atomic E-state index is 13.4. The molecule has 0 radical (unpaired) electrons. The van der Waals surface area contributed by atoms with Gasteiger partial charge in [0.2, 0.25) is 15.9 Å². The van der Waals surface area contributed by atoms with Crippen LogP contribution in [0.3, 0.4) is 0 Å². The fraction of sp³-hybridized carbons (Fsp3) is 0.381. The Balaban J connectivity index is 1.67. The summed E-state index contributed by atoms with van der Waals surface area (Å²) in [6, 6.07) is 12.6. The molecular weight excluding hydrogens is 424 g/mol. The van der Waals surface area contributed by atoms with E-state index in [1.165, 1.54) is 4.31 Å². The zero-order valence-electron chi connectivity index (χ0n) is 16.6. The number of nitrogens with zero attached hydrogens (tertiary/aromatic N) is 1. The van der Waals surface area contributed by atoms with Gasteiger partial charge in [0.05, 0.1) is 16.4 Å². The number of rotatable bonds is 4. The SMILES string of the molecule is Cc1ccc(S(=O)(=O)N2Cc3ccccc3C[C@H]2C(=O)N[C@H]2CCS(=O)(=O)C2)cc1. The summed E-state index contributed by atoms with van der Waals surface area (Å²) in [7, 11) is -7.07. The summed E-state index contributed by atoms with van der Waals surface area (Å²) < 4.78 is 51.5. The Morgan fingerprint density at radius 3 is 2.37 bits per heavy atom. The van der Waals surface area contributed by atoms with E-state index in [1.807, 2.05) is 31.2 Å². The first kappa shape index (κ1) is 21.0. The van der Waals surface area contributed by atoms with E-state index in [1.54, 1.807) is 24.3 Å². The van der Waals surface area contributed by atoms with Crippen LogP contribution in [0, 0.1) is 6.92 Å². The Bertz CT molecular complexity index is 1170. The van der Waals surface area contributed by atoms with E-state index in [0.29, 0.717) is 6.42 Å². The molecule has 2 aliphatic heterocycles. The molecule has 0 aromatic heterocycles. The van der Waals surface area contributed by atoms with E-state index < -0.39 is 37.9 Å². The van der Waals surface area contributed by atoms with Gasteiger partial charge in [-0.05, 0) is 43.0 Å². The van der Waals surface area contributed by atoms with Crippen LogP contribution in [-0.2, 0) is 37.6 Å². The summed E-state index contributed by atoms with van der Waals surface area (Å²) in [6.07, 6.45) is 0.592. The molecule has 4 rings (SSSR count). The lowest BCUT2D eigenvalue weighted by molar-refractivity contribution is -0.125. The Hall–Kier alpha value is -2.23. The van der Waals surface area contributed by atoms with Gasteiger partial charge in [-0.3, -0.25) is 4.79 Å². The number of nitrogens with one attached hydrogen (secondary N) is 1. The molecule has 0 spiro atoms. The molecule has 160 valence electrons. The number of sulfonamides is 1. The van der Waals surface area contributed by atoms with Gasteiger partial charge in [-0.2, -0.15) is 4.31 Å². The largest absolute Gasteiger partial charge is 0.351 e. The van der Waals surface area contributed by atoms with Gasteiger partial charge >= 0.3 is 0 Å². The van der Waals surface area contributed by atoms with Gasteiger partial charge in [0.15, 0.2) is 9.84 Å². The summed E-state index contributed by atoms with van der Waals surface area (Å²) in [5, 5.41) is 2.77. The van der Waals surface area contributed by atoms with Crippen LogP contribution in [0.2, 0.25) is 0 Å². The van der Waals surface area contributed by atoms with Crippen molar-refractivity contribution in [1.29, 1.82) is 0 Å². The fourth-order valence-corrected chi connectivity index (χ4v) is 7.27. The third-order valence-corrected chi connectivity index (χ3v) is 9.35. The second-order valence-electron chi connectivity index (χ2n) is 7.96. The molecule has 0 bridgehead atoms. The molecular formula is C21H24N2O5S2. The van der Waals surface area contributed by atoms with Gasteiger partial charge < -0.3 is 5.32 Å². The molecule has 2 aromatic carbocycles. The monoisotopic (exact) mass is 448 g/mol. The first-order valence-corrected chi connectivity index (χ1v) is 13.1. The minimum atomic E-state index is -3.92. The quantitative estimate of drug-likeness (QED) is 0.762. The molecule has 2 aromatic rings. The number of hydrogen-bond donors (Lipinski definition) is 1. The standard InChI is InChI=1S/C21H24N2O5S2/c1-15-6-8-19(9-7-15)30(27,28)23-13-17-5-3-2-4-16(17)12-20(23)21(24)22-18-10-11-29(25,26)14-18/h2-9,18,20H,10-14H2,1H3,(H,22,24)/t18-,20-/m0/s1. The number of sulfone groups is 1. The average molecular weight is 449 g/mol. The lowest BCUT2D eigenvalue weighted by atomic mass is 9.95. The van der Waals surface area contributed by atoms with Crippen molar-refractivity contribution < 1.29 is 21.6 Å². The maximum Gasteiger partial charge on any atom is 0.244 e. The molecule has 0 unspecified atom stereocenters. The van der Waals surface area contributed by atoms with Crippen LogP contribution < -0.4 is 5.32 Å². The highest BCUT2D eigenvalue weighted by atomic mass is 32.2. The number of benzene rings is 2. The van der Waals surface area contributed by atoms with E-state index in [9.17, 15) is 21.6 Å². The zero-order valence-corrected chi connectivity index (χ0v) is 18.2. The maximum absolute atomic E-state index is 13.4. The van der Waals surface area contributed by atoms with E-state index in [4.69, 9.17) is 0 Å². The van der Waals surface area contributed by atoms with Crippen LogP contribution in [0.25, 0.3) is 0 Å². The van der Waals surface area contributed by atoms with Crippen molar-refractivity contribution in [1.82, 2.24) is 9.62 Å². The topological polar surface area (TPSA) is 101 Å². The number of hydrogen-bond acceptors (Lipinski definition) is 5. The Morgan fingerprint density at radius 1 is 1.07 bits per heavy atom. The second-order valence-corrected chi connectivity index (χ2v) is 12.1. The van der Waals surface area contributed by atoms with Crippen molar-refractivity contribution in [2.75, 3.05) is 11.5 Å². The van der Waals surface area contributed by atoms with E-state index >= 15 is 0 Å². The van der Waals surface area contributed by atoms with Crippen LogP contribution in [-0.4, -0.2) is 50.6 Å². The molecule has 0 aliphatic carbocycles. The summed E-state index contributed by atoms with van der Waals surface area (Å²) >= 11 is 0. The van der Waals surface area contributed by atoms with E-state index in [0.717, 1.165) is 16.7 Å². The highest BCUT2D eigenvalue weighted by Crippen LogP contribution is 2.29. The summed E-state index contributed by atoms with van der Waals surface area (Å²) in [4.78, 5) is 13.2. The zero-order chi connectivity index (χ0) is 21.5. The lowest BCUT2D eigenvalue weighted by Crippen LogP contribution is -2.54. The van der Waals surface area contributed by atoms with Crippen molar-refractivity contribution in [3.8, 4) is 0 Å². The van der Waals surface area contributed by atoms with Crippen molar-refractivity contribution in [2.24, 2.45) is 0 Å². The first-order valence-electron chi connectivity index (χ1n) is 9.82. The smallest absolute Gasteiger partial charge is 0.244 e. The number of fused-ring (bicyclic) bond motifs is 1. The second kappa shape index (κ2) is 7.79. The van der Waals surface area contributed by atoms with E-state index in [-0.39, 0.29) is 29.4 Å². The molecule has 1 N–H and O–H groups in total. The Labute approximate surface area is 177 Å². The molecule has 1 fully saturated rings. The van der Waals surface area contributed by atoms with Gasteiger partial charge in [-0.15, -0.1) is 0 Å². The van der Waals surface area contributed by atoms with E-state index in [2.05, 4.69) is 5.32 Å². The number of aryl methyl sites for hydroxylation is 1. The predicted octanol–water partition coefficient (Wildman–Crippen LogP) is 1.41. The first-order chi connectivity index (χ1) is 14.2. The minimum Gasteiger partial charge on any atom is -0.351 e. The summed E-state index contributed by atoms with van der Waals surface area (Å²) in [5.41, 5.74) is 2.72.